The molecule has 0 aromatic heterocycles. The van der Waals surface area contributed by atoms with Crippen molar-refractivity contribution in [3.8, 4) is 0 Å². The Morgan fingerprint density at radius 1 is 0.931 bits per heavy atom. The predicted molar refractivity (Wildman–Crippen MR) is 113 cm³/mol. The quantitative estimate of drug-likeness (QED) is 0.608. The van der Waals surface area contributed by atoms with Crippen molar-refractivity contribution in [2.24, 2.45) is 5.92 Å². The zero-order chi connectivity index (χ0) is 19.5. The van der Waals surface area contributed by atoms with Crippen LogP contribution in [0.5, 0.6) is 0 Å². The number of piperidine rings is 1. The van der Waals surface area contributed by atoms with Crippen LogP contribution in [0.15, 0.2) is 66.7 Å². The average molecular weight is 385 g/mol. The molecule has 29 heavy (non-hydrogen) atoms. The van der Waals surface area contributed by atoms with Crippen LogP contribution in [0.3, 0.4) is 0 Å². The van der Waals surface area contributed by atoms with E-state index in [9.17, 15) is 4.79 Å². The lowest BCUT2D eigenvalue weighted by atomic mass is 9.83. The Kier molecular flexibility index (Phi) is 3.70. The van der Waals surface area contributed by atoms with Crippen LogP contribution in [0.1, 0.15) is 18.0 Å². The van der Waals surface area contributed by atoms with Gasteiger partial charge in [-0.2, -0.15) is 5.06 Å². The fraction of sp³-hybridized carbons (Fsp3) is 0.292. The number of carbonyl (C=O) groups is 1. The van der Waals surface area contributed by atoms with Gasteiger partial charge in [-0.05, 0) is 29.5 Å². The summed E-state index contributed by atoms with van der Waals surface area (Å²) in [7, 11) is 2.01. The number of para-hydroxylation sites is 1. The highest BCUT2D eigenvalue weighted by molar-refractivity contribution is 6.09. The van der Waals surface area contributed by atoms with E-state index in [1.807, 2.05) is 41.3 Å². The molecule has 6 rings (SSSR count). The van der Waals surface area contributed by atoms with E-state index in [0.717, 1.165) is 35.1 Å². The fourth-order valence-corrected chi connectivity index (χ4v) is 5.31. The Morgan fingerprint density at radius 3 is 2.62 bits per heavy atom. The zero-order valence-corrected chi connectivity index (χ0v) is 16.4. The van der Waals surface area contributed by atoms with Crippen LogP contribution in [0.4, 0.5) is 16.2 Å². The van der Waals surface area contributed by atoms with Crippen LogP contribution in [-0.2, 0) is 4.84 Å². The molecule has 3 aliphatic heterocycles. The molecule has 3 atom stereocenters. The number of hydrogen-bond donors (Lipinski definition) is 0. The molecule has 0 spiro atoms. The van der Waals surface area contributed by atoms with E-state index in [-0.39, 0.29) is 12.1 Å². The highest BCUT2D eigenvalue weighted by atomic mass is 16.7. The minimum absolute atomic E-state index is 0.0676. The third kappa shape index (κ3) is 2.44. The highest BCUT2D eigenvalue weighted by Gasteiger charge is 2.48. The van der Waals surface area contributed by atoms with Gasteiger partial charge in [0.05, 0.1) is 24.0 Å². The number of rotatable bonds is 1. The minimum atomic E-state index is 0.0676. The van der Waals surface area contributed by atoms with Gasteiger partial charge in [-0.1, -0.05) is 54.6 Å². The van der Waals surface area contributed by atoms with Crippen molar-refractivity contribution in [2.45, 2.75) is 18.5 Å². The first-order valence-electron chi connectivity index (χ1n) is 10.3. The highest BCUT2D eigenvalue weighted by Crippen LogP contribution is 2.48. The first-order chi connectivity index (χ1) is 14.2. The first kappa shape index (κ1) is 17.0. The molecule has 3 aromatic rings. The number of amides is 2. The Bertz CT molecular complexity index is 1110. The second kappa shape index (κ2) is 6.31. The van der Waals surface area contributed by atoms with Gasteiger partial charge in [-0.3, -0.25) is 9.74 Å². The number of anilines is 2. The van der Waals surface area contributed by atoms with Crippen molar-refractivity contribution in [2.75, 3.05) is 25.1 Å². The molecule has 2 fully saturated rings. The first-order valence-corrected chi connectivity index (χ1v) is 10.3. The second-order valence-corrected chi connectivity index (χ2v) is 8.25. The lowest BCUT2D eigenvalue weighted by molar-refractivity contribution is -0.113. The van der Waals surface area contributed by atoms with Gasteiger partial charge in [-0.15, -0.1) is 0 Å². The van der Waals surface area contributed by atoms with Crippen molar-refractivity contribution in [3.63, 3.8) is 0 Å². The van der Waals surface area contributed by atoms with E-state index < -0.39 is 0 Å². The molecule has 0 aliphatic carbocycles. The summed E-state index contributed by atoms with van der Waals surface area (Å²) in [6.07, 6.45) is 0.910. The molecular formula is C24H23N3O2. The van der Waals surface area contributed by atoms with Crippen molar-refractivity contribution >= 4 is 28.2 Å². The second-order valence-electron chi connectivity index (χ2n) is 8.25. The number of urea groups is 1. The number of hydrogen-bond acceptors (Lipinski definition) is 3. The molecule has 3 heterocycles. The van der Waals surface area contributed by atoms with E-state index in [1.54, 1.807) is 0 Å². The number of benzene rings is 3. The standard InChI is InChI=1S/C24H23N3O2/c1-25-22-13-23-19-10-4-5-11-21(19)27(24(28)26(23)14-17(22)15-29-25)20-12-6-8-16-7-2-3-9-18(16)20/h2-12,17,22-23H,13-15H2,1H3/t17-,22-,23-/m0/s1. The van der Waals surface area contributed by atoms with E-state index in [4.69, 9.17) is 4.84 Å². The maximum absolute atomic E-state index is 13.8. The van der Waals surface area contributed by atoms with E-state index >= 15 is 0 Å². The van der Waals surface area contributed by atoms with Crippen LogP contribution in [0.2, 0.25) is 0 Å². The number of fused-ring (bicyclic) bond motifs is 5. The van der Waals surface area contributed by atoms with Gasteiger partial charge in [0.2, 0.25) is 0 Å². The molecule has 0 bridgehead atoms. The fourth-order valence-electron chi connectivity index (χ4n) is 5.31. The molecule has 0 saturated carbocycles. The van der Waals surface area contributed by atoms with Crippen molar-refractivity contribution in [1.82, 2.24) is 9.96 Å². The Labute approximate surface area is 170 Å². The van der Waals surface area contributed by atoms with Gasteiger partial charge in [0.1, 0.15) is 0 Å². The Hall–Kier alpha value is -2.89. The Morgan fingerprint density at radius 2 is 1.69 bits per heavy atom. The largest absolute Gasteiger partial charge is 0.329 e. The van der Waals surface area contributed by atoms with Crippen molar-refractivity contribution in [1.29, 1.82) is 0 Å². The number of hydroxylamine groups is 2. The molecule has 5 nitrogen and oxygen atoms in total. The van der Waals surface area contributed by atoms with Crippen LogP contribution >= 0.6 is 0 Å². The molecule has 0 radical (unpaired) electrons. The van der Waals surface area contributed by atoms with Gasteiger partial charge in [0.15, 0.2) is 0 Å². The molecule has 3 aromatic carbocycles. The summed E-state index contributed by atoms with van der Waals surface area (Å²) in [5, 5.41) is 4.23. The van der Waals surface area contributed by atoms with Crippen LogP contribution in [-0.4, -0.2) is 42.2 Å². The SMILES string of the molecule is CN1OC[C@@H]2CN3C(=O)N(c4cccc5ccccc45)c4ccccc4[C@@H]3C[C@@H]21. The van der Waals surface area contributed by atoms with E-state index in [2.05, 4.69) is 47.4 Å². The van der Waals surface area contributed by atoms with Crippen LogP contribution in [0.25, 0.3) is 10.8 Å². The van der Waals surface area contributed by atoms with Gasteiger partial charge in [0.25, 0.3) is 0 Å². The van der Waals surface area contributed by atoms with Crippen molar-refractivity contribution < 1.29 is 9.63 Å². The summed E-state index contributed by atoms with van der Waals surface area (Å²) < 4.78 is 0. The normalized spacial score (nSPS) is 26.4. The van der Waals surface area contributed by atoms with Gasteiger partial charge >= 0.3 is 6.03 Å². The zero-order valence-electron chi connectivity index (χ0n) is 16.4. The van der Waals surface area contributed by atoms with Crippen LogP contribution in [0, 0.1) is 5.92 Å². The van der Waals surface area contributed by atoms with Gasteiger partial charge in [0, 0.05) is 30.9 Å². The predicted octanol–water partition coefficient (Wildman–Crippen LogP) is 4.72. The van der Waals surface area contributed by atoms with Gasteiger partial charge < -0.3 is 4.90 Å². The maximum Gasteiger partial charge on any atom is 0.329 e. The third-order valence-electron chi connectivity index (χ3n) is 6.76. The summed E-state index contributed by atoms with van der Waals surface area (Å²) >= 11 is 0. The Balaban J connectivity index is 1.52. The molecular weight excluding hydrogens is 362 g/mol. The van der Waals surface area contributed by atoms with Crippen molar-refractivity contribution in [3.05, 3.63) is 72.3 Å². The molecule has 2 amide bonds. The minimum Gasteiger partial charge on any atom is -0.316 e. The maximum atomic E-state index is 13.8. The topological polar surface area (TPSA) is 36.0 Å². The summed E-state index contributed by atoms with van der Waals surface area (Å²) in [4.78, 5) is 23.6. The summed E-state index contributed by atoms with van der Waals surface area (Å²) in [6, 6.07) is 23.3. The van der Waals surface area contributed by atoms with E-state index in [0.29, 0.717) is 18.6 Å². The lowest BCUT2D eigenvalue weighted by Gasteiger charge is -2.48. The number of carbonyl (C=O) groups excluding carboxylic acids is 1. The molecule has 0 N–H and O–H groups in total. The number of nitrogens with zero attached hydrogens (tertiary/aromatic N) is 3. The molecule has 3 aliphatic rings. The lowest BCUT2D eigenvalue weighted by Crippen LogP contribution is -2.55. The summed E-state index contributed by atoms with van der Waals surface area (Å²) in [6.45, 7) is 1.42. The molecule has 5 heteroatoms. The van der Waals surface area contributed by atoms with E-state index in [1.165, 1.54) is 5.56 Å². The molecule has 0 unspecified atom stereocenters. The summed E-state index contributed by atoms with van der Waals surface area (Å²) in [5.74, 6) is 0.361. The molecule has 146 valence electrons. The monoisotopic (exact) mass is 385 g/mol. The smallest absolute Gasteiger partial charge is 0.316 e. The van der Waals surface area contributed by atoms with Gasteiger partial charge in [-0.25, -0.2) is 4.79 Å². The third-order valence-corrected chi connectivity index (χ3v) is 6.76. The molecule has 2 saturated heterocycles. The average Bonchev–Trinajstić information content (AvgIpc) is 3.13. The summed E-state index contributed by atoms with van der Waals surface area (Å²) in [5.41, 5.74) is 3.16. The van der Waals surface area contributed by atoms with Crippen LogP contribution < -0.4 is 4.90 Å².